The number of likely N-dealkylation sites (tertiary alicyclic amines) is 1. The van der Waals surface area contributed by atoms with Crippen LogP contribution in [0.3, 0.4) is 0 Å². The Morgan fingerprint density at radius 2 is 1.84 bits per heavy atom. The summed E-state index contributed by atoms with van der Waals surface area (Å²) < 4.78 is 0. The molecule has 25 heavy (non-hydrogen) atoms. The molecule has 3 aromatic rings. The lowest BCUT2D eigenvalue weighted by atomic mass is 9.96. The van der Waals surface area contributed by atoms with E-state index < -0.39 is 0 Å². The number of benzene rings is 2. The number of carbonyl (C=O) groups excluding carboxylic acids is 1. The standard InChI is InChI=1S/C19H19ClN4O/c20-14-5-7-15(8-6-14)21-19(25)24-11-9-13(10-12-24)18-22-16-3-1-2-4-17(16)23-18/h1-8,13H,9-12H2,(H,21,25)(H,22,23). The van der Waals surface area contributed by atoms with Crippen molar-refractivity contribution in [2.24, 2.45) is 0 Å². The molecule has 0 bridgehead atoms. The van der Waals surface area contributed by atoms with Gasteiger partial charge in [-0.05, 0) is 49.2 Å². The molecule has 0 radical (unpaired) electrons. The second-order valence-electron chi connectivity index (χ2n) is 6.34. The summed E-state index contributed by atoms with van der Waals surface area (Å²) in [5.41, 5.74) is 2.83. The quantitative estimate of drug-likeness (QED) is 0.705. The molecule has 4 rings (SSSR count). The molecule has 2 N–H and O–H groups in total. The number of rotatable bonds is 2. The van der Waals surface area contributed by atoms with Crippen LogP contribution in [0.5, 0.6) is 0 Å². The number of anilines is 1. The second-order valence-corrected chi connectivity index (χ2v) is 6.77. The number of halogens is 1. The highest BCUT2D eigenvalue weighted by Gasteiger charge is 2.25. The highest BCUT2D eigenvalue weighted by molar-refractivity contribution is 6.30. The number of H-pyrrole nitrogens is 1. The largest absolute Gasteiger partial charge is 0.342 e. The second kappa shape index (κ2) is 6.76. The van der Waals surface area contributed by atoms with Crippen molar-refractivity contribution in [2.45, 2.75) is 18.8 Å². The first-order valence-electron chi connectivity index (χ1n) is 8.45. The van der Waals surface area contributed by atoms with Crippen LogP contribution < -0.4 is 5.32 Å². The molecule has 1 aliphatic rings. The summed E-state index contributed by atoms with van der Waals surface area (Å²) >= 11 is 5.87. The number of nitrogens with one attached hydrogen (secondary N) is 2. The molecular weight excluding hydrogens is 336 g/mol. The van der Waals surface area contributed by atoms with Gasteiger partial charge in [0.2, 0.25) is 0 Å². The maximum atomic E-state index is 12.4. The molecule has 1 aliphatic heterocycles. The van der Waals surface area contributed by atoms with E-state index in [4.69, 9.17) is 16.6 Å². The number of nitrogens with zero attached hydrogens (tertiary/aromatic N) is 2. The predicted octanol–water partition coefficient (Wildman–Crippen LogP) is 4.63. The van der Waals surface area contributed by atoms with Gasteiger partial charge >= 0.3 is 6.03 Å². The first-order valence-corrected chi connectivity index (χ1v) is 8.83. The van der Waals surface area contributed by atoms with Crippen LogP contribution in [0.2, 0.25) is 5.02 Å². The van der Waals surface area contributed by atoms with E-state index >= 15 is 0 Å². The summed E-state index contributed by atoms with van der Waals surface area (Å²) in [4.78, 5) is 22.4. The van der Waals surface area contributed by atoms with E-state index in [1.165, 1.54) is 0 Å². The van der Waals surface area contributed by atoms with Crippen LogP contribution in [0.4, 0.5) is 10.5 Å². The predicted molar refractivity (Wildman–Crippen MR) is 100 cm³/mol. The number of amides is 2. The zero-order valence-corrected chi connectivity index (χ0v) is 14.5. The van der Waals surface area contributed by atoms with Crippen LogP contribution in [-0.2, 0) is 0 Å². The number of imidazole rings is 1. The molecule has 0 aliphatic carbocycles. The van der Waals surface area contributed by atoms with Crippen LogP contribution in [0.15, 0.2) is 48.5 Å². The molecule has 6 heteroatoms. The molecule has 2 aromatic carbocycles. The fourth-order valence-electron chi connectivity index (χ4n) is 3.26. The van der Waals surface area contributed by atoms with Gasteiger partial charge in [0.05, 0.1) is 11.0 Å². The van der Waals surface area contributed by atoms with E-state index in [1.54, 1.807) is 24.3 Å². The van der Waals surface area contributed by atoms with Crippen LogP contribution in [0, 0.1) is 0 Å². The molecule has 1 aromatic heterocycles. The Balaban J connectivity index is 1.37. The lowest BCUT2D eigenvalue weighted by molar-refractivity contribution is 0.193. The Morgan fingerprint density at radius 1 is 1.12 bits per heavy atom. The van der Waals surface area contributed by atoms with Gasteiger partial charge in [0.1, 0.15) is 5.82 Å². The van der Waals surface area contributed by atoms with Crippen LogP contribution in [-0.4, -0.2) is 34.0 Å². The maximum absolute atomic E-state index is 12.4. The summed E-state index contributed by atoms with van der Waals surface area (Å²) in [6.45, 7) is 1.45. The summed E-state index contributed by atoms with van der Waals surface area (Å²) in [7, 11) is 0. The Labute approximate surface area is 151 Å². The fourth-order valence-corrected chi connectivity index (χ4v) is 3.38. The smallest absolute Gasteiger partial charge is 0.321 e. The van der Waals surface area contributed by atoms with Crippen molar-refractivity contribution in [1.82, 2.24) is 14.9 Å². The van der Waals surface area contributed by atoms with Gasteiger partial charge in [-0.25, -0.2) is 9.78 Å². The maximum Gasteiger partial charge on any atom is 0.321 e. The third kappa shape index (κ3) is 3.46. The molecule has 2 heterocycles. The number of aromatic amines is 1. The molecule has 5 nitrogen and oxygen atoms in total. The van der Waals surface area contributed by atoms with Gasteiger partial charge in [-0.3, -0.25) is 0 Å². The SMILES string of the molecule is O=C(Nc1ccc(Cl)cc1)N1CCC(c2nc3ccccc3[nH]2)CC1. The third-order valence-electron chi connectivity index (χ3n) is 4.67. The van der Waals surface area contributed by atoms with Crippen molar-refractivity contribution < 1.29 is 4.79 Å². The molecular formula is C19H19ClN4O. The van der Waals surface area contributed by atoms with Crippen molar-refractivity contribution in [3.63, 3.8) is 0 Å². The highest BCUT2D eigenvalue weighted by atomic mass is 35.5. The fraction of sp³-hybridized carbons (Fsp3) is 0.263. The zero-order chi connectivity index (χ0) is 17.2. The molecule has 2 amide bonds. The minimum Gasteiger partial charge on any atom is -0.342 e. The summed E-state index contributed by atoms with van der Waals surface area (Å²) in [5.74, 6) is 1.39. The number of hydrogen-bond donors (Lipinski definition) is 2. The topological polar surface area (TPSA) is 61.0 Å². The highest BCUT2D eigenvalue weighted by Crippen LogP contribution is 2.28. The zero-order valence-electron chi connectivity index (χ0n) is 13.7. The number of para-hydroxylation sites is 2. The molecule has 0 atom stereocenters. The van der Waals surface area contributed by atoms with Crippen molar-refractivity contribution in [2.75, 3.05) is 18.4 Å². The third-order valence-corrected chi connectivity index (χ3v) is 4.92. The number of carbonyl (C=O) groups is 1. The summed E-state index contributed by atoms with van der Waals surface area (Å²) in [6.07, 6.45) is 1.82. The Morgan fingerprint density at radius 3 is 2.56 bits per heavy atom. The monoisotopic (exact) mass is 354 g/mol. The van der Waals surface area contributed by atoms with Crippen molar-refractivity contribution in [3.05, 3.63) is 59.4 Å². The minimum atomic E-state index is -0.0645. The van der Waals surface area contributed by atoms with Gasteiger partial charge in [-0.1, -0.05) is 23.7 Å². The van der Waals surface area contributed by atoms with E-state index in [9.17, 15) is 4.79 Å². The average molecular weight is 355 g/mol. The van der Waals surface area contributed by atoms with Gasteiger partial charge in [0.15, 0.2) is 0 Å². The molecule has 0 saturated carbocycles. The first-order chi connectivity index (χ1) is 12.2. The number of hydrogen-bond acceptors (Lipinski definition) is 2. The normalized spacial score (nSPS) is 15.5. The van der Waals surface area contributed by atoms with Gasteiger partial charge in [-0.2, -0.15) is 0 Å². The van der Waals surface area contributed by atoms with E-state index in [1.807, 2.05) is 29.2 Å². The van der Waals surface area contributed by atoms with Crippen LogP contribution in [0.25, 0.3) is 11.0 Å². The van der Waals surface area contributed by atoms with Crippen molar-refractivity contribution in [1.29, 1.82) is 0 Å². The molecule has 0 unspecified atom stereocenters. The summed E-state index contributed by atoms with van der Waals surface area (Å²) in [6, 6.07) is 15.2. The van der Waals surface area contributed by atoms with Crippen molar-refractivity contribution >= 4 is 34.4 Å². The van der Waals surface area contributed by atoms with Crippen LogP contribution >= 0.6 is 11.6 Å². The van der Waals surface area contributed by atoms with Crippen LogP contribution in [0.1, 0.15) is 24.6 Å². The number of fused-ring (bicyclic) bond motifs is 1. The minimum absolute atomic E-state index is 0.0645. The van der Waals surface area contributed by atoms with E-state index in [0.29, 0.717) is 10.9 Å². The molecule has 1 saturated heterocycles. The van der Waals surface area contributed by atoms with Gasteiger partial charge in [-0.15, -0.1) is 0 Å². The lowest BCUT2D eigenvalue weighted by Gasteiger charge is -2.31. The molecule has 128 valence electrons. The first kappa shape index (κ1) is 16.0. The number of piperidine rings is 1. The molecule has 1 fully saturated rings. The lowest BCUT2D eigenvalue weighted by Crippen LogP contribution is -2.40. The number of aromatic nitrogens is 2. The van der Waals surface area contributed by atoms with Crippen molar-refractivity contribution in [3.8, 4) is 0 Å². The van der Waals surface area contributed by atoms with E-state index in [-0.39, 0.29) is 6.03 Å². The van der Waals surface area contributed by atoms with E-state index in [2.05, 4.69) is 10.3 Å². The summed E-state index contributed by atoms with van der Waals surface area (Å²) in [5, 5.41) is 3.58. The van der Waals surface area contributed by atoms with Gasteiger partial charge in [0, 0.05) is 29.7 Å². The Bertz CT molecular complexity index is 849. The Hall–Kier alpha value is -2.53. The Kier molecular flexibility index (Phi) is 4.32. The average Bonchev–Trinajstić information content (AvgIpc) is 3.08. The van der Waals surface area contributed by atoms with Gasteiger partial charge in [0.25, 0.3) is 0 Å². The number of urea groups is 1. The molecule has 0 spiro atoms. The van der Waals surface area contributed by atoms with Gasteiger partial charge < -0.3 is 15.2 Å². The van der Waals surface area contributed by atoms with E-state index in [0.717, 1.165) is 48.5 Å².